The van der Waals surface area contributed by atoms with E-state index >= 15 is 0 Å². The fraction of sp³-hybridized carbons (Fsp3) is 0.588. The predicted octanol–water partition coefficient (Wildman–Crippen LogP) is 2.94. The molecule has 1 aliphatic carbocycles. The first-order chi connectivity index (χ1) is 11.5. The Bertz CT molecular complexity index is 637. The van der Waals surface area contributed by atoms with Crippen LogP contribution in [0.25, 0.3) is 0 Å². The van der Waals surface area contributed by atoms with Gasteiger partial charge in [-0.3, -0.25) is 4.79 Å². The van der Waals surface area contributed by atoms with Gasteiger partial charge in [0.15, 0.2) is 0 Å². The molecule has 0 spiro atoms. The van der Waals surface area contributed by atoms with Crippen LogP contribution in [-0.4, -0.2) is 31.1 Å². The molecule has 24 heavy (non-hydrogen) atoms. The smallest absolute Gasteiger partial charge is 0.397 e. The molecule has 132 valence electrons. The van der Waals surface area contributed by atoms with Crippen molar-refractivity contribution in [1.29, 1.82) is 0 Å². The Morgan fingerprint density at radius 2 is 1.88 bits per heavy atom. The van der Waals surface area contributed by atoms with Crippen molar-refractivity contribution in [3.63, 3.8) is 0 Å². The van der Waals surface area contributed by atoms with E-state index in [0.717, 1.165) is 36.1 Å². The van der Waals surface area contributed by atoms with Crippen LogP contribution in [-0.2, 0) is 31.9 Å². The monoisotopic (exact) mass is 353 g/mol. The first kappa shape index (κ1) is 18.4. The van der Waals surface area contributed by atoms with Crippen LogP contribution in [0.15, 0.2) is 0 Å². The van der Waals surface area contributed by atoms with Gasteiger partial charge in [-0.05, 0) is 44.6 Å². The third-order valence-electron chi connectivity index (χ3n) is 4.11. The summed E-state index contributed by atoms with van der Waals surface area (Å²) in [5, 5.41) is 2.91. The fourth-order valence-corrected chi connectivity index (χ4v) is 4.21. The molecule has 7 heteroatoms. The van der Waals surface area contributed by atoms with E-state index in [-0.39, 0.29) is 13.2 Å². The van der Waals surface area contributed by atoms with Crippen molar-refractivity contribution < 1.29 is 23.9 Å². The van der Waals surface area contributed by atoms with E-state index in [9.17, 15) is 14.4 Å². The number of nitrogens with one attached hydrogen (secondary N) is 1. The molecule has 6 nitrogen and oxygen atoms in total. The van der Waals surface area contributed by atoms with E-state index < -0.39 is 17.8 Å². The number of amides is 1. The topological polar surface area (TPSA) is 81.7 Å². The van der Waals surface area contributed by atoms with E-state index in [0.29, 0.717) is 16.5 Å². The van der Waals surface area contributed by atoms with Crippen LogP contribution in [0.3, 0.4) is 0 Å². The quantitative estimate of drug-likeness (QED) is 0.650. The summed E-state index contributed by atoms with van der Waals surface area (Å²) < 4.78 is 9.83. The second-order valence-corrected chi connectivity index (χ2v) is 6.73. The molecule has 0 aromatic carbocycles. The number of hydrogen-bond donors (Lipinski definition) is 1. The maximum absolute atomic E-state index is 12.3. The molecule has 1 N–H and O–H groups in total. The number of esters is 2. The van der Waals surface area contributed by atoms with Crippen molar-refractivity contribution in [3.05, 3.63) is 16.0 Å². The van der Waals surface area contributed by atoms with Gasteiger partial charge in [-0.25, -0.2) is 9.59 Å². The molecule has 1 heterocycles. The van der Waals surface area contributed by atoms with Gasteiger partial charge in [-0.1, -0.05) is 13.3 Å². The number of rotatable bonds is 5. The highest BCUT2D eigenvalue weighted by Gasteiger charge is 2.30. The van der Waals surface area contributed by atoms with Crippen molar-refractivity contribution in [2.45, 2.75) is 46.5 Å². The summed E-state index contributed by atoms with van der Waals surface area (Å²) in [5.74, 6) is -1.69. The largest absolute Gasteiger partial charge is 0.462 e. The van der Waals surface area contributed by atoms with Crippen LogP contribution in [0.4, 0.5) is 5.00 Å². The van der Waals surface area contributed by atoms with Crippen LogP contribution in [0.5, 0.6) is 0 Å². The van der Waals surface area contributed by atoms with Crippen LogP contribution >= 0.6 is 11.3 Å². The molecule has 0 radical (unpaired) electrons. The Morgan fingerprint density at radius 1 is 1.17 bits per heavy atom. The van der Waals surface area contributed by atoms with E-state index in [2.05, 4.69) is 12.2 Å². The average molecular weight is 353 g/mol. The molecule has 1 unspecified atom stereocenters. The Hall–Kier alpha value is -1.89. The summed E-state index contributed by atoms with van der Waals surface area (Å²) in [6.07, 6.45) is 3.76. The van der Waals surface area contributed by atoms with E-state index in [1.807, 2.05) is 0 Å². The lowest BCUT2D eigenvalue weighted by atomic mass is 9.85. The number of ether oxygens (including phenoxy) is 2. The molecule has 1 aliphatic rings. The maximum atomic E-state index is 12.3. The lowest BCUT2D eigenvalue weighted by Crippen LogP contribution is -2.25. The van der Waals surface area contributed by atoms with Crippen molar-refractivity contribution in [3.8, 4) is 0 Å². The van der Waals surface area contributed by atoms with Crippen LogP contribution < -0.4 is 5.32 Å². The highest BCUT2D eigenvalue weighted by atomic mass is 32.1. The Balaban J connectivity index is 2.32. The summed E-state index contributed by atoms with van der Waals surface area (Å²) in [6, 6.07) is 0. The van der Waals surface area contributed by atoms with Gasteiger partial charge in [0.2, 0.25) is 0 Å². The molecule has 1 amide bonds. The highest BCUT2D eigenvalue weighted by molar-refractivity contribution is 7.17. The average Bonchev–Trinajstić information content (AvgIpc) is 2.91. The second kappa shape index (κ2) is 8.28. The van der Waals surface area contributed by atoms with Crippen molar-refractivity contribution in [2.24, 2.45) is 5.92 Å². The van der Waals surface area contributed by atoms with E-state index in [4.69, 9.17) is 9.47 Å². The molecule has 2 rings (SSSR count). The zero-order valence-electron chi connectivity index (χ0n) is 14.3. The molecular formula is C17H23NO5S. The minimum absolute atomic E-state index is 0.121. The molecule has 0 saturated heterocycles. The second-order valence-electron chi connectivity index (χ2n) is 5.62. The lowest BCUT2D eigenvalue weighted by molar-refractivity contribution is -0.152. The van der Waals surface area contributed by atoms with Gasteiger partial charge in [-0.2, -0.15) is 0 Å². The maximum Gasteiger partial charge on any atom is 0.397 e. The van der Waals surface area contributed by atoms with Crippen molar-refractivity contribution in [1.82, 2.24) is 0 Å². The van der Waals surface area contributed by atoms with Crippen LogP contribution in [0, 0.1) is 5.92 Å². The first-order valence-electron chi connectivity index (χ1n) is 8.31. The third-order valence-corrected chi connectivity index (χ3v) is 5.28. The standard InChI is InChI=1S/C17H23NO5S/c1-4-10-7-8-11-12(9-10)24-15(13(11)16(20)22-5-2)18-14(19)17(21)23-6-3/h10H,4-9H2,1-3H3,(H,18,19). The van der Waals surface area contributed by atoms with Gasteiger partial charge < -0.3 is 14.8 Å². The number of fused-ring (bicyclic) bond motifs is 1. The van der Waals surface area contributed by atoms with E-state index in [1.54, 1.807) is 13.8 Å². The highest BCUT2D eigenvalue weighted by Crippen LogP contribution is 2.40. The summed E-state index contributed by atoms with van der Waals surface area (Å²) in [6.45, 7) is 5.89. The first-order valence-corrected chi connectivity index (χ1v) is 9.13. The van der Waals surface area contributed by atoms with Crippen molar-refractivity contribution in [2.75, 3.05) is 18.5 Å². The molecule has 1 atom stereocenters. The summed E-state index contributed by atoms with van der Waals surface area (Å²) in [5.41, 5.74) is 1.34. The Labute approximate surface area is 145 Å². The molecule has 0 bridgehead atoms. The van der Waals surface area contributed by atoms with Crippen LogP contribution in [0.1, 0.15) is 54.4 Å². The van der Waals surface area contributed by atoms with Gasteiger partial charge in [0, 0.05) is 4.88 Å². The summed E-state index contributed by atoms with van der Waals surface area (Å²) in [7, 11) is 0. The van der Waals surface area contributed by atoms with Gasteiger partial charge >= 0.3 is 17.8 Å². The molecule has 0 fully saturated rings. The van der Waals surface area contributed by atoms with Crippen LogP contribution in [0.2, 0.25) is 0 Å². The zero-order valence-corrected chi connectivity index (χ0v) is 15.1. The van der Waals surface area contributed by atoms with Gasteiger partial charge in [0.1, 0.15) is 5.00 Å². The summed E-state index contributed by atoms with van der Waals surface area (Å²) in [4.78, 5) is 36.9. The van der Waals surface area contributed by atoms with Gasteiger partial charge in [0.05, 0.1) is 18.8 Å². The van der Waals surface area contributed by atoms with Gasteiger partial charge in [0.25, 0.3) is 0 Å². The van der Waals surface area contributed by atoms with Crippen molar-refractivity contribution >= 4 is 34.2 Å². The zero-order chi connectivity index (χ0) is 17.7. The number of carbonyl (C=O) groups is 3. The minimum Gasteiger partial charge on any atom is -0.462 e. The fourth-order valence-electron chi connectivity index (χ4n) is 2.86. The summed E-state index contributed by atoms with van der Waals surface area (Å²) >= 11 is 1.36. The number of carbonyl (C=O) groups excluding carboxylic acids is 3. The molecular weight excluding hydrogens is 330 g/mol. The Kier molecular flexibility index (Phi) is 6.36. The van der Waals surface area contributed by atoms with E-state index in [1.165, 1.54) is 11.3 Å². The number of thiophene rings is 1. The number of anilines is 1. The number of hydrogen-bond acceptors (Lipinski definition) is 6. The van der Waals surface area contributed by atoms with Gasteiger partial charge in [-0.15, -0.1) is 11.3 Å². The normalized spacial score (nSPS) is 16.2. The minimum atomic E-state index is -0.954. The molecule has 0 aliphatic heterocycles. The predicted molar refractivity (Wildman–Crippen MR) is 91.3 cm³/mol. The Morgan fingerprint density at radius 3 is 2.50 bits per heavy atom. The third kappa shape index (κ3) is 3.95. The molecule has 0 saturated carbocycles. The lowest BCUT2D eigenvalue weighted by Gasteiger charge is -2.20. The molecule has 1 aromatic heterocycles. The molecule has 1 aromatic rings. The SMILES string of the molecule is CCOC(=O)C(=O)Nc1sc2c(c1C(=O)OCC)CCC(CC)C2.